The summed E-state index contributed by atoms with van der Waals surface area (Å²) in [7, 11) is 0. The van der Waals surface area contributed by atoms with E-state index in [2.05, 4.69) is 5.10 Å². The molecule has 0 atom stereocenters. The highest BCUT2D eigenvalue weighted by Crippen LogP contribution is 2.28. The second kappa shape index (κ2) is 9.30. The molecule has 3 heterocycles. The molecule has 9 heteroatoms. The van der Waals surface area contributed by atoms with E-state index in [9.17, 15) is 14.4 Å². The third-order valence-electron chi connectivity index (χ3n) is 6.31. The molecule has 8 nitrogen and oxygen atoms in total. The number of rotatable bonds is 4. The van der Waals surface area contributed by atoms with E-state index < -0.39 is 0 Å². The van der Waals surface area contributed by atoms with E-state index in [1.54, 1.807) is 34.2 Å². The smallest absolute Gasteiger partial charge is 0.292 e. The van der Waals surface area contributed by atoms with Crippen LogP contribution in [0.25, 0.3) is 5.69 Å². The van der Waals surface area contributed by atoms with Crippen LogP contribution in [0.4, 0.5) is 11.4 Å². The van der Waals surface area contributed by atoms with Gasteiger partial charge in [0.15, 0.2) is 0 Å². The number of aromatic nitrogens is 2. The molecule has 0 aliphatic carbocycles. The Hall–Kier alpha value is -3.65. The van der Waals surface area contributed by atoms with Gasteiger partial charge in [-0.05, 0) is 30.7 Å². The Balaban J connectivity index is 1.31. The summed E-state index contributed by atoms with van der Waals surface area (Å²) < 4.78 is 1.28. The van der Waals surface area contributed by atoms with Crippen LogP contribution in [-0.2, 0) is 4.79 Å². The first-order valence-electron chi connectivity index (χ1n) is 11.3. The zero-order chi connectivity index (χ0) is 23.7. The average Bonchev–Trinajstić information content (AvgIpc) is 3.31. The lowest BCUT2D eigenvalue weighted by molar-refractivity contribution is -0.117. The number of benzene rings is 2. The Bertz CT molecular complexity index is 1290. The van der Waals surface area contributed by atoms with Crippen molar-refractivity contribution in [3.05, 3.63) is 81.7 Å². The zero-order valence-electron chi connectivity index (χ0n) is 18.6. The van der Waals surface area contributed by atoms with Crippen LogP contribution in [0.5, 0.6) is 0 Å². The van der Waals surface area contributed by atoms with Gasteiger partial charge in [0.2, 0.25) is 5.91 Å². The number of carbonyl (C=O) groups is 2. The van der Waals surface area contributed by atoms with Crippen LogP contribution >= 0.6 is 11.6 Å². The van der Waals surface area contributed by atoms with Crippen LogP contribution in [0.3, 0.4) is 0 Å². The number of nitrogens with zero attached hydrogens (tertiary/aromatic N) is 5. The number of hydrogen-bond acceptors (Lipinski definition) is 5. The number of para-hydroxylation sites is 2. The average molecular weight is 478 g/mol. The van der Waals surface area contributed by atoms with Gasteiger partial charge in [0.05, 0.1) is 28.8 Å². The van der Waals surface area contributed by atoms with Crippen LogP contribution in [0.15, 0.2) is 65.6 Å². The van der Waals surface area contributed by atoms with E-state index in [0.29, 0.717) is 61.8 Å². The van der Waals surface area contributed by atoms with Gasteiger partial charge in [-0.2, -0.15) is 9.78 Å². The molecule has 0 unspecified atom stereocenters. The minimum Gasteiger partial charge on any atom is -0.365 e. The molecule has 1 aromatic heterocycles. The van der Waals surface area contributed by atoms with E-state index in [-0.39, 0.29) is 22.4 Å². The van der Waals surface area contributed by atoms with Gasteiger partial charge in [0.1, 0.15) is 5.02 Å². The van der Waals surface area contributed by atoms with Gasteiger partial charge in [-0.15, -0.1) is 0 Å². The van der Waals surface area contributed by atoms with Crippen molar-refractivity contribution in [3.63, 3.8) is 0 Å². The van der Waals surface area contributed by atoms with Crippen LogP contribution < -0.4 is 15.4 Å². The Kier molecular flexibility index (Phi) is 6.06. The van der Waals surface area contributed by atoms with Gasteiger partial charge >= 0.3 is 0 Å². The molecular weight excluding hydrogens is 454 g/mol. The molecule has 34 heavy (non-hydrogen) atoms. The second-order valence-electron chi connectivity index (χ2n) is 8.34. The molecule has 0 spiro atoms. The molecule has 2 fully saturated rings. The van der Waals surface area contributed by atoms with Crippen LogP contribution in [0.1, 0.15) is 23.2 Å². The molecular formula is C25H24ClN5O3. The lowest BCUT2D eigenvalue weighted by Crippen LogP contribution is -2.49. The SMILES string of the molecule is O=C(c1ccccc1N1CCCC1=O)N1CCN(c2cnn(-c3ccccc3)c(=O)c2Cl)CC1. The summed E-state index contributed by atoms with van der Waals surface area (Å²) in [6.45, 7) is 2.62. The molecule has 0 N–H and O–H groups in total. The first-order valence-corrected chi connectivity index (χ1v) is 11.7. The van der Waals surface area contributed by atoms with Gasteiger partial charge in [0.25, 0.3) is 11.5 Å². The fourth-order valence-electron chi connectivity index (χ4n) is 4.51. The topological polar surface area (TPSA) is 78.8 Å². The van der Waals surface area contributed by atoms with E-state index in [4.69, 9.17) is 11.6 Å². The number of hydrogen-bond donors (Lipinski definition) is 0. The zero-order valence-corrected chi connectivity index (χ0v) is 19.3. The van der Waals surface area contributed by atoms with Crippen LogP contribution in [-0.4, -0.2) is 59.2 Å². The third kappa shape index (κ3) is 4.05. The molecule has 2 aliphatic heterocycles. The Morgan fingerprint density at radius 3 is 2.26 bits per heavy atom. The number of anilines is 2. The first-order chi connectivity index (χ1) is 16.5. The van der Waals surface area contributed by atoms with E-state index >= 15 is 0 Å². The minimum atomic E-state index is -0.381. The van der Waals surface area contributed by atoms with Crippen molar-refractivity contribution < 1.29 is 9.59 Å². The van der Waals surface area contributed by atoms with E-state index in [1.165, 1.54) is 4.68 Å². The molecule has 2 aromatic carbocycles. The maximum atomic E-state index is 13.3. The van der Waals surface area contributed by atoms with Crippen molar-refractivity contribution >= 4 is 34.8 Å². The summed E-state index contributed by atoms with van der Waals surface area (Å²) in [6, 6.07) is 16.4. The highest BCUT2D eigenvalue weighted by molar-refractivity contribution is 6.33. The second-order valence-corrected chi connectivity index (χ2v) is 8.72. The summed E-state index contributed by atoms with van der Waals surface area (Å²) in [4.78, 5) is 43.9. The molecule has 2 amide bonds. The van der Waals surface area contributed by atoms with Gasteiger partial charge < -0.3 is 14.7 Å². The molecule has 5 rings (SSSR count). The van der Waals surface area contributed by atoms with Crippen LogP contribution in [0.2, 0.25) is 5.02 Å². The molecule has 2 aliphatic rings. The third-order valence-corrected chi connectivity index (χ3v) is 6.66. The number of piperazine rings is 1. The van der Waals surface area contributed by atoms with E-state index in [1.807, 2.05) is 41.3 Å². The Morgan fingerprint density at radius 2 is 1.56 bits per heavy atom. The summed E-state index contributed by atoms with van der Waals surface area (Å²) >= 11 is 6.45. The lowest BCUT2D eigenvalue weighted by atomic mass is 10.1. The quantitative estimate of drug-likeness (QED) is 0.577. The number of carbonyl (C=O) groups excluding carboxylic acids is 2. The molecule has 174 valence electrons. The lowest BCUT2D eigenvalue weighted by Gasteiger charge is -2.36. The van der Waals surface area contributed by atoms with Gasteiger partial charge in [-0.1, -0.05) is 41.9 Å². The highest BCUT2D eigenvalue weighted by Gasteiger charge is 2.29. The van der Waals surface area contributed by atoms with Crippen molar-refractivity contribution in [2.24, 2.45) is 0 Å². The number of amides is 2. The predicted octanol–water partition coefficient (Wildman–Crippen LogP) is 2.98. The van der Waals surface area contributed by atoms with Crippen molar-refractivity contribution in [3.8, 4) is 5.69 Å². The Morgan fingerprint density at radius 1 is 0.853 bits per heavy atom. The van der Waals surface area contributed by atoms with E-state index in [0.717, 1.165) is 6.42 Å². The van der Waals surface area contributed by atoms with Gasteiger partial charge in [0, 0.05) is 39.1 Å². The van der Waals surface area contributed by atoms with Crippen molar-refractivity contribution in [1.82, 2.24) is 14.7 Å². The summed E-state index contributed by atoms with van der Waals surface area (Å²) in [6.07, 6.45) is 2.92. The maximum Gasteiger partial charge on any atom is 0.292 e. The monoisotopic (exact) mass is 477 g/mol. The van der Waals surface area contributed by atoms with Gasteiger partial charge in [-0.25, -0.2) is 0 Å². The molecule has 0 bridgehead atoms. The van der Waals surface area contributed by atoms with Crippen LogP contribution in [0, 0.1) is 0 Å². The number of halogens is 1. The maximum absolute atomic E-state index is 13.3. The summed E-state index contributed by atoms with van der Waals surface area (Å²) in [5, 5.41) is 4.42. The van der Waals surface area contributed by atoms with Crippen molar-refractivity contribution in [2.45, 2.75) is 12.8 Å². The highest BCUT2D eigenvalue weighted by atomic mass is 35.5. The molecule has 0 radical (unpaired) electrons. The fourth-order valence-corrected chi connectivity index (χ4v) is 4.76. The van der Waals surface area contributed by atoms with Crippen molar-refractivity contribution in [1.29, 1.82) is 0 Å². The molecule has 0 saturated carbocycles. The Labute approximate surface area is 202 Å². The normalized spacial score (nSPS) is 16.3. The van der Waals surface area contributed by atoms with Crippen molar-refractivity contribution in [2.75, 3.05) is 42.5 Å². The summed E-state index contributed by atoms with van der Waals surface area (Å²) in [5.74, 6) is -0.0453. The fraction of sp³-hybridized carbons (Fsp3) is 0.280. The summed E-state index contributed by atoms with van der Waals surface area (Å²) in [5.41, 5.74) is 2.04. The molecule has 3 aromatic rings. The molecule has 2 saturated heterocycles. The predicted molar refractivity (Wildman–Crippen MR) is 131 cm³/mol. The first kappa shape index (κ1) is 22.2. The van der Waals surface area contributed by atoms with Gasteiger partial charge in [-0.3, -0.25) is 14.4 Å². The standard InChI is InChI=1S/C25H24ClN5O3/c26-23-21(17-27-31(25(23)34)18-7-2-1-3-8-18)28-13-15-29(16-14-28)24(33)19-9-4-5-10-20(19)30-12-6-11-22(30)32/h1-5,7-10,17H,6,11-16H2. The largest absolute Gasteiger partial charge is 0.365 e. The minimum absolute atomic E-state index is 0.0532.